The smallest absolute Gasteiger partial charge is 0.337 e. The molecule has 1 aliphatic carbocycles. The monoisotopic (exact) mass is 248 g/mol. The van der Waals surface area contributed by atoms with Crippen molar-refractivity contribution in [2.24, 2.45) is 0 Å². The first kappa shape index (κ1) is 12.5. The first-order chi connectivity index (χ1) is 8.61. The number of carbonyl (C=O) groups is 2. The lowest BCUT2D eigenvalue weighted by Crippen LogP contribution is -2.06. The van der Waals surface area contributed by atoms with Crippen LogP contribution >= 0.6 is 0 Å². The summed E-state index contributed by atoms with van der Waals surface area (Å²) in [5.74, 6) is -0.850. The predicted octanol–water partition coefficient (Wildman–Crippen LogP) is 2.75. The van der Waals surface area contributed by atoms with E-state index in [9.17, 15) is 14.0 Å². The van der Waals surface area contributed by atoms with Crippen LogP contribution < -0.4 is 0 Å². The van der Waals surface area contributed by atoms with Gasteiger partial charge in [-0.15, -0.1) is 0 Å². The molecule has 18 heavy (non-hydrogen) atoms. The summed E-state index contributed by atoms with van der Waals surface area (Å²) in [5.41, 5.74) is 1.46. The average Bonchev–Trinajstić information content (AvgIpc) is 2.39. The molecule has 4 heteroatoms. The Kier molecular flexibility index (Phi) is 3.55. The number of benzene rings is 1. The number of hydrogen-bond donors (Lipinski definition) is 0. The Morgan fingerprint density at radius 2 is 2.11 bits per heavy atom. The van der Waals surface area contributed by atoms with Gasteiger partial charge in [-0.3, -0.25) is 4.79 Å². The summed E-state index contributed by atoms with van der Waals surface area (Å²) < 4.78 is 18.4. The highest BCUT2D eigenvalue weighted by molar-refractivity contribution is 5.90. The van der Waals surface area contributed by atoms with E-state index in [0.29, 0.717) is 24.8 Å². The summed E-state index contributed by atoms with van der Waals surface area (Å²) in [6.07, 6.45) is 3.10. The fourth-order valence-electron chi connectivity index (χ4n) is 1.98. The molecular weight excluding hydrogens is 235 g/mol. The quantitative estimate of drug-likeness (QED) is 0.756. The van der Waals surface area contributed by atoms with Gasteiger partial charge in [-0.25, -0.2) is 9.18 Å². The van der Waals surface area contributed by atoms with Crippen molar-refractivity contribution < 1.29 is 18.7 Å². The number of rotatable bonds is 2. The number of Topliss-reactive ketones (excluding diaryl/α,β-unsaturated/α-hetero) is 1. The van der Waals surface area contributed by atoms with Gasteiger partial charge in [0.05, 0.1) is 12.7 Å². The lowest BCUT2D eigenvalue weighted by molar-refractivity contribution is -0.118. The lowest BCUT2D eigenvalue weighted by Gasteiger charge is -2.13. The van der Waals surface area contributed by atoms with Gasteiger partial charge in [-0.2, -0.15) is 0 Å². The van der Waals surface area contributed by atoms with Crippen molar-refractivity contribution in [3.8, 4) is 0 Å². The molecule has 0 atom stereocenters. The number of halogens is 1. The molecule has 0 aromatic heterocycles. The number of esters is 1. The van der Waals surface area contributed by atoms with Crippen LogP contribution in [0.3, 0.4) is 0 Å². The molecule has 0 heterocycles. The minimum absolute atomic E-state index is 0.172. The van der Waals surface area contributed by atoms with Crippen LogP contribution in [0.25, 0.3) is 5.57 Å². The number of carbonyl (C=O) groups excluding carboxylic acids is 2. The number of methoxy groups -OCH3 is 1. The third-order valence-corrected chi connectivity index (χ3v) is 2.99. The number of ether oxygens (including phenoxy) is 1. The van der Waals surface area contributed by atoms with Crippen molar-refractivity contribution >= 4 is 17.3 Å². The van der Waals surface area contributed by atoms with Crippen molar-refractivity contribution in [3.63, 3.8) is 0 Å². The molecule has 94 valence electrons. The Labute approximate surface area is 104 Å². The van der Waals surface area contributed by atoms with E-state index in [0.717, 1.165) is 5.57 Å². The van der Waals surface area contributed by atoms with Crippen molar-refractivity contribution in [2.45, 2.75) is 19.3 Å². The normalized spacial score (nSPS) is 15.2. The number of ketones is 1. The Morgan fingerprint density at radius 1 is 1.33 bits per heavy atom. The molecule has 0 amide bonds. The van der Waals surface area contributed by atoms with Crippen LogP contribution in [0, 0.1) is 5.82 Å². The van der Waals surface area contributed by atoms with Crippen molar-refractivity contribution in [1.82, 2.24) is 0 Å². The molecule has 3 nitrogen and oxygen atoms in total. The Morgan fingerprint density at radius 3 is 2.67 bits per heavy atom. The molecule has 0 unspecified atom stereocenters. The standard InChI is InChI=1S/C14H13FO3/c1-18-14(17)10-4-7-12(13(15)8-10)9-2-5-11(16)6-3-9/h2,4,7-8H,3,5-6H2,1H3. The maximum atomic E-state index is 13.9. The lowest BCUT2D eigenvalue weighted by atomic mass is 9.92. The van der Waals surface area contributed by atoms with Gasteiger partial charge in [0, 0.05) is 18.4 Å². The first-order valence-electron chi connectivity index (χ1n) is 5.71. The van der Waals surface area contributed by atoms with Gasteiger partial charge in [0.1, 0.15) is 11.6 Å². The molecule has 0 saturated carbocycles. The molecule has 0 aliphatic heterocycles. The van der Waals surface area contributed by atoms with E-state index in [2.05, 4.69) is 4.74 Å². The van der Waals surface area contributed by atoms with E-state index in [-0.39, 0.29) is 11.3 Å². The summed E-state index contributed by atoms with van der Waals surface area (Å²) >= 11 is 0. The molecular formula is C14H13FO3. The van der Waals surface area contributed by atoms with Crippen LogP contribution in [0.4, 0.5) is 4.39 Å². The van der Waals surface area contributed by atoms with E-state index in [4.69, 9.17) is 0 Å². The zero-order valence-electron chi connectivity index (χ0n) is 10.0. The highest BCUT2D eigenvalue weighted by Gasteiger charge is 2.16. The molecule has 2 rings (SSSR count). The van der Waals surface area contributed by atoms with Gasteiger partial charge < -0.3 is 4.74 Å². The maximum Gasteiger partial charge on any atom is 0.337 e. The number of hydrogen-bond acceptors (Lipinski definition) is 3. The second kappa shape index (κ2) is 5.12. The van der Waals surface area contributed by atoms with Crippen molar-refractivity contribution in [2.75, 3.05) is 7.11 Å². The van der Waals surface area contributed by atoms with Gasteiger partial charge in [0.2, 0.25) is 0 Å². The fourth-order valence-corrected chi connectivity index (χ4v) is 1.98. The van der Waals surface area contributed by atoms with E-state index in [1.165, 1.54) is 19.2 Å². The summed E-state index contributed by atoms with van der Waals surface area (Å²) in [4.78, 5) is 22.4. The van der Waals surface area contributed by atoms with Gasteiger partial charge >= 0.3 is 5.97 Å². The van der Waals surface area contributed by atoms with E-state index < -0.39 is 11.8 Å². The Hall–Kier alpha value is -1.97. The van der Waals surface area contributed by atoms with E-state index in [1.807, 2.05) is 0 Å². The van der Waals surface area contributed by atoms with Gasteiger partial charge in [-0.05, 0) is 24.1 Å². The third kappa shape index (κ3) is 2.47. The van der Waals surface area contributed by atoms with Gasteiger partial charge in [0.15, 0.2) is 0 Å². The minimum Gasteiger partial charge on any atom is -0.465 e. The Balaban J connectivity index is 2.30. The SMILES string of the molecule is COC(=O)c1ccc(C2=CCC(=O)CC2)c(F)c1. The summed E-state index contributed by atoms with van der Waals surface area (Å²) in [7, 11) is 1.25. The molecule has 0 radical (unpaired) electrons. The predicted molar refractivity (Wildman–Crippen MR) is 64.6 cm³/mol. The van der Waals surface area contributed by atoms with Crippen LogP contribution in [0.5, 0.6) is 0 Å². The summed E-state index contributed by atoms with van der Waals surface area (Å²) in [5, 5.41) is 0. The maximum absolute atomic E-state index is 13.9. The second-order valence-corrected chi connectivity index (χ2v) is 4.16. The fraction of sp³-hybridized carbons (Fsp3) is 0.286. The third-order valence-electron chi connectivity index (χ3n) is 2.99. The van der Waals surface area contributed by atoms with Crippen molar-refractivity contribution in [3.05, 3.63) is 41.2 Å². The zero-order valence-corrected chi connectivity index (χ0v) is 10.0. The molecule has 0 bridgehead atoms. The molecule has 0 N–H and O–H groups in total. The summed E-state index contributed by atoms with van der Waals surface area (Å²) in [6, 6.07) is 4.25. The highest BCUT2D eigenvalue weighted by atomic mass is 19.1. The summed E-state index contributed by atoms with van der Waals surface area (Å²) in [6.45, 7) is 0. The van der Waals surface area contributed by atoms with E-state index in [1.54, 1.807) is 12.1 Å². The molecule has 1 aromatic carbocycles. The van der Waals surface area contributed by atoms with Crippen molar-refractivity contribution in [1.29, 1.82) is 0 Å². The molecule has 1 aromatic rings. The molecule has 0 spiro atoms. The van der Waals surface area contributed by atoms with Crippen LogP contribution in [0.1, 0.15) is 35.2 Å². The van der Waals surface area contributed by atoms with Crippen LogP contribution in [-0.2, 0) is 9.53 Å². The molecule has 1 aliphatic rings. The molecule has 0 saturated heterocycles. The zero-order chi connectivity index (χ0) is 13.1. The van der Waals surface area contributed by atoms with Crippen LogP contribution in [-0.4, -0.2) is 18.9 Å². The topological polar surface area (TPSA) is 43.4 Å². The first-order valence-corrected chi connectivity index (χ1v) is 5.71. The number of allylic oxidation sites excluding steroid dienone is 2. The van der Waals surface area contributed by atoms with Gasteiger partial charge in [0.25, 0.3) is 0 Å². The Bertz CT molecular complexity index is 532. The van der Waals surface area contributed by atoms with E-state index >= 15 is 0 Å². The second-order valence-electron chi connectivity index (χ2n) is 4.16. The van der Waals surface area contributed by atoms with Crippen LogP contribution in [0.15, 0.2) is 24.3 Å². The largest absolute Gasteiger partial charge is 0.465 e. The van der Waals surface area contributed by atoms with Crippen LogP contribution in [0.2, 0.25) is 0 Å². The average molecular weight is 248 g/mol. The van der Waals surface area contributed by atoms with Gasteiger partial charge in [-0.1, -0.05) is 12.1 Å². The molecule has 0 fully saturated rings. The highest BCUT2D eigenvalue weighted by Crippen LogP contribution is 2.27. The minimum atomic E-state index is -0.562.